The highest BCUT2D eigenvalue weighted by molar-refractivity contribution is 9.10. The van der Waals surface area contributed by atoms with Gasteiger partial charge in [0.2, 0.25) is 0 Å². The zero-order valence-corrected chi connectivity index (χ0v) is 19.9. The fraction of sp³-hybridized carbons (Fsp3) is 0.304. The summed E-state index contributed by atoms with van der Waals surface area (Å²) in [5.41, 5.74) is 1.24. The Morgan fingerprint density at radius 3 is 2.55 bits per heavy atom. The predicted molar refractivity (Wildman–Crippen MR) is 130 cm³/mol. The van der Waals surface area contributed by atoms with E-state index in [2.05, 4.69) is 27.8 Å². The van der Waals surface area contributed by atoms with Gasteiger partial charge in [-0.2, -0.15) is 0 Å². The Labute approximate surface area is 192 Å². The Morgan fingerprint density at radius 2 is 1.74 bits per heavy atom. The summed E-state index contributed by atoms with van der Waals surface area (Å²) in [5.74, 6) is 1.10. The number of unbranched alkanes of at least 4 members (excludes halogenated alkanes) is 2. The summed E-state index contributed by atoms with van der Waals surface area (Å²) in [6.07, 6.45) is 3.04. The van der Waals surface area contributed by atoms with E-state index in [-0.39, 0.29) is 11.1 Å². The van der Waals surface area contributed by atoms with Crippen molar-refractivity contribution in [3.05, 3.63) is 73.5 Å². The van der Waals surface area contributed by atoms with Crippen LogP contribution in [0.2, 0.25) is 0 Å². The van der Waals surface area contributed by atoms with E-state index in [1.807, 2.05) is 36.4 Å². The van der Waals surface area contributed by atoms with Crippen molar-refractivity contribution in [2.45, 2.75) is 43.6 Å². The summed E-state index contributed by atoms with van der Waals surface area (Å²) in [6.45, 7) is 2.76. The number of para-hydroxylation sites is 1. The smallest absolute Gasteiger partial charge is 0.262 e. The normalized spacial score (nSPS) is 11.5. The van der Waals surface area contributed by atoms with E-state index >= 15 is 0 Å². The zero-order chi connectivity index (χ0) is 22.0. The minimum absolute atomic E-state index is 0.0368. The predicted octanol–water partition coefficient (Wildman–Crippen LogP) is 4.89. The van der Waals surface area contributed by atoms with Crippen LogP contribution in [0.3, 0.4) is 0 Å². The third-order valence-corrected chi connectivity index (χ3v) is 6.74. The number of halogens is 1. The zero-order valence-electron chi connectivity index (χ0n) is 17.5. The lowest BCUT2D eigenvalue weighted by Gasteiger charge is -2.14. The molecule has 2 heterocycles. The van der Waals surface area contributed by atoms with Crippen LogP contribution in [0.15, 0.2) is 61.7 Å². The maximum atomic E-state index is 13.2. The summed E-state index contributed by atoms with van der Waals surface area (Å²) >= 11 is 4.89. The lowest BCUT2D eigenvalue weighted by atomic mass is 10.2. The first-order valence-corrected chi connectivity index (χ1v) is 12.0. The number of fused-ring (bicyclic) bond motifs is 2. The molecule has 0 amide bonds. The molecule has 0 atom stereocenters. The van der Waals surface area contributed by atoms with Crippen LogP contribution in [-0.4, -0.2) is 19.1 Å². The topological polar surface area (TPSA) is 69.8 Å². The van der Waals surface area contributed by atoms with Crippen molar-refractivity contribution in [2.24, 2.45) is 7.05 Å². The molecule has 0 bridgehead atoms. The second-order valence-corrected chi connectivity index (χ2v) is 9.28. The van der Waals surface area contributed by atoms with Crippen molar-refractivity contribution >= 4 is 49.5 Å². The molecule has 31 heavy (non-hydrogen) atoms. The molecule has 0 N–H and O–H groups in total. The number of hydrogen-bond acceptors (Lipinski definition) is 5. The molecule has 2 aromatic heterocycles. The van der Waals surface area contributed by atoms with Gasteiger partial charge in [-0.15, -0.1) is 0 Å². The van der Waals surface area contributed by atoms with E-state index in [0.29, 0.717) is 45.1 Å². The quantitative estimate of drug-likeness (QED) is 0.206. The molecule has 8 heteroatoms. The van der Waals surface area contributed by atoms with Crippen LogP contribution in [0, 0.1) is 0 Å². The number of hydrogen-bond donors (Lipinski definition) is 0. The van der Waals surface area contributed by atoms with E-state index in [0.717, 1.165) is 23.7 Å². The Bertz CT molecular complexity index is 1380. The van der Waals surface area contributed by atoms with E-state index in [1.165, 1.54) is 11.8 Å². The van der Waals surface area contributed by atoms with Gasteiger partial charge in [0.05, 0.1) is 27.6 Å². The number of aromatic nitrogens is 4. The number of benzene rings is 2. The van der Waals surface area contributed by atoms with Crippen molar-refractivity contribution in [1.82, 2.24) is 19.1 Å². The van der Waals surface area contributed by atoms with Crippen LogP contribution in [0.25, 0.3) is 21.8 Å². The first kappa shape index (κ1) is 21.8. The molecule has 0 radical (unpaired) electrons. The van der Waals surface area contributed by atoms with Gasteiger partial charge in [-0.05, 0) is 36.8 Å². The molecule has 6 nitrogen and oxygen atoms in total. The average Bonchev–Trinajstić information content (AvgIpc) is 2.77. The maximum absolute atomic E-state index is 13.2. The molecule has 0 aliphatic rings. The monoisotopic (exact) mass is 498 g/mol. The number of nitrogens with zero attached hydrogens (tertiary/aromatic N) is 4. The third kappa shape index (κ3) is 4.45. The van der Waals surface area contributed by atoms with E-state index in [4.69, 9.17) is 4.98 Å². The fourth-order valence-corrected chi connectivity index (χ4v) is 4.89. The molecule has 0 saturated heterocycles. The molecular formula is C23H23BrN4O2S. The molecule has 0 spiro atoms. The minimum Gasteiger partial charge on any atom is -0.299 e. The van der Waals surface area contributed by atoms with Gasteiger partial charge in [0, 0.05) is 18.1 Å². The highest BCUT2D eigenvalue weighted by atomic mass is 79.9. The summed E-state index contributed by atoms with van der Waals surface area (Å²) in [4.78, 5) is 35.4. The summed E-state index contributed by atoms with van der Waals surface area (Å²) < 4.78 is 4.19. The first-order valence-electron chi connectivity index (χ1n) is 10.3. The highest BCUT2D eigenvalue weighted by Gasteiger charge is 2.14. The van der Waals surface area contributed by atoms with Crippen molar-refractivity contribution < 1.29 is 0 Å². The molecule has 0 aliphatic heterocycles. The Hall–Kier alpha value is -2.45. The first-order chi connectivity index (χ1) is 15.0. The molecule has 0 fully saturated rings. The van der Waals surface area contributed by atoms with Crippen LogP contribution < -0.4 is 11.1 Å². The van der Waals surface area contributed by atoms with Crippen molar-refractivity contribution in [3.63, 3.8) is 0 Å². The Kier molecular flexibility index (Phi) is 6.57. The summed E-state index contributed by atoms with van der Waals surface area (Å²) in [5, 5.41) is 1.86. The van der Waals surface area contributed by atoms with Crippen molar-refractivity contribution in [3.8, 4) is 0 Å². The fourth-order valence-electron chi connectivity index (χ4n) is 3.52. The Morgan fingerprint density at radius 1 is 0.968 bits per heavy atom. The Balaban J connectivity index is 1.74. The van der Waals surface area contributed by atoms with E-state index in [1.54, 1.807) is 22.2 Å². The average molecular weight is 499 g/mol. The van der Waals surface area contributed by atoms with E-state index < -0.39 is 0 Å². The maximum Gasteiger partial charge on any atom is 0.262 e. The second-order valence-electron chi connectivity index (χ2n) is 7.42. The summed E-state index contributed by atoms with van der Waals surface area (Å²) in [7, 11) is 1.73. The molecule has 2 aromatic carbocycles. The largest absolute Gasteiger partial charge is 0.299 e. The SMILES string of the molecule is CCCCCn1c(SCc2nc3ccccc3c(=O)n2C)nc2ccc(Br)cc2c1=O. The van der Waals surface area contributed by atoms with Gasteiger partial charge in [0.25, 0.3) is 11.1 Å². The minimum atomic E-state index is -0.0714. The molecular weight excluding hydrogens is 476 g/mol. The number of thioether (sulfide) groups is 1. The standard InChI is InChI=1S/C23H23BrN4O2S/c1-3-4-7-12-28-22(30)17-13-15(24)10-11-19(17)26-23(28)31-14-20-25-18-9-6-5-8-16(18)21(29)27(20)2/h5-6,8-11,13H,3-4,7,12,14H2,1-2H3. The van der Waals surface area contributed by atoms with Crippen molar-refractivity contribution in [1.29, 1.82) is 0 Å². The molecule has 4 aromatic rings. The highest BCUT2D eigenvalue weighted by Crippen LogP contribution is 2.24. The van der Waals surface area contributed by atoms with Crippen LogP contribution in [0.5, 0.6) is 0 Å². The van der Waals surface area contributed by atoms with Crippen LogP contribution >= 0.6 is 27.7 Å². The summed E-state index contributed by atoms with van der Waals surface area (Å²) in [6, 6.07) is 12.9. The lowest BCUT2D eigenvalue weighted by molar-refractivity contribution is 0.541. The van der Waals surface area contributed by atoms with Gasteiger partial charge < -0.3 is 0 Å². The molecule has 0 unspecified atom stereocenters. The molecule has 0 saturated carbocycles. The van der Waals surface area contributed by atoms with Gasteiger partial charge in [-0.3, -0.25) is 18.7 Å². The molecule has 160 valence electrons. The molecule has 4 rings (SSSR count). The van der Waals surface area contributed by atoms with Gasteiger partial charge in [-0.1, -0.05) is 59.6 Å². The van der Waals surface area contributed by atoms with Crippen LogP contribution in [0.1, 0.15) is 32.0 Å². The van der Waals surface area contributed by atoms with Gasteiger partial charge >= 0.3 is 0 Å². The molecule has 0 aliphatic carbocycles. The second kappa shape index (κ2) is 9.36. The van der Waals surface area contributed by atoms with Crippen LogP contribution in [0.4, 0.5) is 0 Å². The third-order valence-electron chi connectivity index (χ3n) is 5.27. The van der Waals surface area contributed by atoms with E-state index in [9.17, 15) is 9.59 Å². The van der Waals surface area contributed by atoms with Gasteiger partial charge in [-0.25, -0.2) is 9.97 Å². The van der Waals surface area contributed by atoms with Gasteiger partial charge in [0.1, 0.15) is 5.82 Å². The number of rotatable bonds is 7. The van der Waals surface area contributed by atoms with Gasteiger partial charge in [0.15, 0.2) is 5.16 Å². The van der Waals surface area contributed by atoms with Crippen LogP contribution in [-0.2, 0) is 19.3 Å². The van der Waals surface area contributed by atoms with Crippen molar-refractivity contribution in [2.75, 3.05) is 0 Å². The lowest BCUT2D eigenvalue weighted by Crippen LogP contribution is -2.24.